The largest absolute Gasteiger partial charge is 0.494 e. The first-order chi connectivity index (χ1) is 16.8. The lowest BCUT2D eigenvalue weighted by Crippen LogP contribution is -2.27. The van der Waals surface area contributed by atoms with Crippen LogP contribution in [-0.4, -0.2) is 35.3 Å². The van der Waals surface area contributed by atoms with E-state index in [1.54, 1.807) is 0 Å². The van der Waals surface area contributed by atoms with Gasteiger partial charge in [-0.25, -0.2) is 0 Å². The van der Waals surface area contributed by atoms with Crippen LogP contribution in [0.4, 0.5) is 0 Å². The van der Waals surface area contributed by atoms with Gasteiger partial charge < -0.3 is 14.6 Å². The molecule has 2 rings (SSSR count). The van der Waals surface area contributed by atoms with E-state index in [4.69, 9.17) is 32.7 Å². The molecular formula is C26H32Cl2N2O5. The van der Waals surface area contributed by atoms with Gasteiger partial charge in [0, 0.05) is 25.3 Å². The normalized spacial score (nSPS) is 10.9. The molecule has 9 heteroatoms. The van der Waals surface area contributed by atoms with E-state index in [1.165, 1.54) is 25.5 Å². The lowest BCUT2D eigenvalue weighted by Gasteiger charge is -2.16. The van der Waals surface area contributed by atoms with Crippen LogP contribution in [0.5, 0.6) is 11.6 Å². The van der Waals surface area contributed by atoms with Crippen molar-refractivity contribution in [3.63, 3.8) is 0 Å². The molecule has 35 heavy (non-hydrogen) atoms. The summed E-state index contributed by atoms with van der Waals surface area (Å²) in [5, 5.41) is 20.7. The molecule has 1 aromatic carbocycles. The summed E-state index contributed by atoms with van der Waals surface area (Å²) in [6.07, 6.45) is 5.80. The second-order valence-electron chi connectivity index (χ2n) is 8.18. The van der Waals surface area contributed by atoms with Crippen LogP contribution in [0, 0.1) is 18.3 Å². The zero-order chi connectivity index (χ0) is 26.0. The maximum absolute atomic E-state index is 13.4. The van der Waals surface area contributed by atoms with Gasteiger partial charge in [-0.3, -0.25) is 14.2 Å². The zero-order valence-corrected chi connectivity index (χ0v) is 22.0. The molecule has 0 radical (unpaired) electrons. The number of aromatic nitrogens is 1. The Morgan fingerprint density at radius 1 is 1.09 bits per heavy atom. The molecule has 0 unspecified atom stereocenters. The molecule has 0 spiro atoms. The maximum Gasteiger partial charge on any atom is 0.271 e. The Morgan fingerprint density at radius 2 is 1.74 bits per heavy atom. The number of aromatic hydroxyl groups is 1. The van der Waals surface area contributed by atoms with E-state index < -0.39 is 17.2 Å². The standard InChI is InChI=1S/C26H32Cl2N2O5/c1-4-6-7-8-9-13-35-24-20(27)14-18(15-21(24)28)23(31)22-17(3)19(16-29)25(32)30(26(22)33)11-10-12-34-5-2/h14-15,33H,4-13H2,1-3H3. The first-order valence-corrected chi connectivity index (χ1v) is 12.6. The molecule has 0 atom stereocenters. The van der Waals surface area contributed by atoms with Gasteiger partial charge in [-0.15, -0.1) is 0 Å². The highest BCUT2D eigenvalue weighted by Gasteiger charge is 2.26. The third kappa shape index (κ3) is 7.23. The van der Waals surface area contributed by atoms with Gasteiger partial charge in [0.15, 0.2) is 11.5 Å². The number of halogens is 2. The average molecular weight is 523 g/mol. The maximum atomic E-state index is 13.4. The Hall–Kier alpha value is -2.53. The van der Waals surface area contributed by atoms with E-state index in [2.05, 4.69) is 6.92 Å². The number of benzene rings is 1. The molecule has 0 amide bonds. The number of unbranched alkanes of at least 4 members (excludes halogenated alkanes) is 4. The number of carbonyl (C=O) groups is 1. The summed E-state index contributed by atoms with van der Waals surface area (Å²) in [6, 6.07) is 4.68. The molecule has 0 aliphatic carbocycles. The summed E-state index contributed by atoms with van der Waals surface area (Å²) in [6.45, 7) is 6.88. The molecule has 2 aromatic rings. The molecule has 190 valence electrons. The van der Waals surface area contributed by atoms with Crippen LogP contribution in [0.3, 0.4) is 0 Å². The molecule has 0 aliphatic heterocycles. The van der Waals surface area contributed by atoms with E-state index in [9.17, 15) is 20.0 Å². The second-order valence-corrected chi connectivity index (χ2v) is 8.99. The van der Waals surface area contributed by atoms with Crippen molar-refractivity contribution in [1.82, 2.24) is 4.57 Å². The van der Waals surface area contributed by atoms with E-state index in [0.29, 0.717) is 32.0 Å². The zero-order valence-electron chi connectivity index (χ0n) is 20.5. The van der Waals surface area contributed by atoms with Gasteiger partial charge in [0.2, 0.25) is 5.88 Å². The minimum Gasteiger partial charge on any atom is -0.494 e. The van der Waals surface area contributed by atoms with Crippen molar-refractivity contribution in [2.75, 3.05) is 19.8 Å². The Morgan fingerprint density at radius 3 is 2.34 bits per heavy atom. The van der Waals surface area contributed by atoms with Gasteiger partial charge >= 0.3 is 0 Å². The number of carbonyl (C=O) groups excluding carboxylic acids is 1. The highest BCUT2D eigenvalue weighted by atomic mass is 35.5. The highest BCUT2D eigenvalue weighted by molar-refractivity contribution is 6.38. The van der Waals surface area contributed by atoms with Crippen molar-refractivity contribution in [2.45, 2.75) is 65.8 Å². The first-order valence-electron chi connectivity index (χ1n) is 11.9. The van der Waals surface area contributed by atoms with Crippen LogP contribution >= 0.6 is 23.2 Å². The smallest absolute Gasteiger partial charge is 0.271 e. The fraction of sp³-hybridized carbons (Fsp3) is 0.500. The number of nitriles is 1. The number of hydrogen-bond donors (Lipinski definition) is 1. The number of hydrogen-bond acceptors (Lipinski definition) is 6. The molecule has 1 aromatic heterocycles. The molecule has 0 saturated carbocycles. The quantitative estimate of drug-likeness (QED) is 0.239. The average Bonchev–Trinajstić information content (AvgIpc) is 2.82. The summed E-state index contributed by atoms with van der Waals surface area (Å²) < 4.78 is 12.1. The Kier molecular flexibility index (Phi) is 11.6. The van der Waals surface area contributed by atoms with Crippen LogP contribution in [0.1, 0.15) is 79.4 Å². The molecule has 1 N–H and O–H groups in total. The van der Waals surface area contributed by atoms with E-state index in [0.717, 1.165) is 30.3 Å². The van der Waals surface area contributed by atoms with E-state index in [-0.39, 0.29) is 38.8 Å². The van der Waals surface area contributed by atoms with Crippen molar-refractivity contribution in [1.29, 1.82) is 5.26 Å². The Bertz CT molecular complexity index is 1120. The predicted octanol–water partition coefficient (Wildman–Crippen LogP) is 6.05. The summed E-state index contributed by atoms with van der Waals surface area (Å²) in [5.41, 5.74) is -0.802. The van der Waals surface area contributed by atoms with Gasteiger partial charge in [0.05, 0.1) is 22.2 Å². The van der Waals surface area contributed by atoms with Crippen molar-refractivity contribution < 1.29 is 19.4 Å². The number of rotatable bonds is 14. The fourth-order valence-corrected chi connectivity index (χ4v) is 4.35. The molecule has 1 heterocycles. The molecule has 7 nitrogen and oxygen atoms in total. The minimum atomic E-state index is -0.658. The monoisotopic (exact) mass is 522 g/mol. The van der Waals surface area contributed by atoms with Crippen molar-refractivity contribution in [2.24, 2.45) is 0 Å². The third-order valence-electron chi connectivity index (χ3n) is 5.66. The topological polar surface area (TPSA) is 102 Å². The predicted molar refractivity (Wildman–Crippen MR) is 137 cm³/mol. The minimum absolute atomic E-state index is 0.0897. The Labute approximate surface area is 216 Å². The van der Waals surface area contributed by atoms with Gasteiger partial charge in [0.1, 0.15) is 11.6 Å². The van der Waals surface area contributed by atoms with Crippen molar-refractivity contribution in [3.8, 4) is 17.7 Å². The van der Waals surface area contributed by atoms with Crippen molar-refractivity contribution in [3.05, 3.63) is 54.8 Å². The second kappa shape index (κ2) is 14.1. The number of pyridine rings is 1. The van der Waals surface area contributed by atoms with Crippen LogP contribution in [0.15, 0.2) is 16.9 Å². The SMILES string of the molecule is CCCCCCCOc1c(Cl)cc(C(=O)c2c(C)c(C#N)c(=O)n(CCCOCC)c2O)cc1Cl. The van der Waals surface area contributed by atoms with Gasteiger partial charge in [-0.05, 0) is 44.4 Å². The van der Waals surface area contributed by atoms with Crippen LogP contribution in [0.25, 0.3) is 0 Å². The number of nitrogens with zero attached hydrogens (tertiary/aromatic N) is 2. The highest BCUT2D eigenvalue weighted by Crippen LogP contribution is 2.36. The summed E-state index contributed by atoms with van der Waals surface area (Å²) in [4.78, 5) is 26.1. The number of ether oxygens (including phenoxy) is 2. The summed E-state index contributed by atoms with van der Waals surface area (Å²) in [7, 11) is 0. The summed E-state index contributed by atoms with van der Waals surface area (Å²) in [5.74, 6) is -0.822. The fourth-order valence-electron chi connectivity index (χ4n) is 3.75. The van der Waals surface area contributed by atoms with E-state index in [1.807, 2.05) is 13.0 Å². The van der Waals surface area contributed by atoms with Crippen LogP contribution in [0.2, 0.25) is 10.0 Å². The van der Waals surface area contributed by atoms with Crippen LogP contribution < -0.4 is 10.3 Å². The van der Waals surface area contributed by atoms with Gasteiger partial charge in [-0.1, -0.05) is 55.8 Å². The third-order valence-corrected chi connectivity index (χ3v) is 6.22. The van der Waals surface area contributed by atoms with E-state index >= 15 is 0 Å². The summed E-state index contributed by atoms with van der Waals surface area (Å²) >= 11 is 12.8. The van der Waals surface area contributed by atoms with Gasteiger partial charge in [-0.2, -0.15) is 5.26 Å². The Balaban J connectivity index is 2.35. The first kappa shape index (κ1) is 28.7. The number of ketones is 1. The molecular weight excluding hydrogens is 491 g/mol. The van der Waals surface area contributed by atoms with Gasteiger partial charge in [0.25, 0.3) is 5.56 Å². The lowest BCUT2D eigenvalue weighted by atomic mass is 9.97. The van der Waals surface area contributed by atoms with Crippen LogP contribution in [-0.2, 0) is 11.3 Å². The molecule has 0 saturated heterocycles. The molecule has 0 bridgehead atoms. The van der Waals surface area contributed by atoms with Crippen molar-refractivity contribution >= 4 is 29.0 Å². The lowest BCUT2D eigenvalue weighted by molar-refractivity contribution is 0.103. The molecule has 0 aliphatic rings. The molecule has 0 fully saturated rings.